The molecule has 1 unspecified atom stereocenters. The van der Waals surface area contributed by atoms with Gasteiger partial charge < -0.3 is 20.3 Å². The van der Waals surface area contributed by atoms with Gasteiger partial charge in [0.05, 0.1) is 0 Å². The summed E-state index contributed by atoms with van der Waals surface area (Å²) in [5.41, 5.74) is 5.17. The Bertz CT molecular complexity index is 1210. The number of aromatic nitrogens is 1. The molecule has 1 fully saturated rings. The molecule has 0 spiro atoms. The molecule has 10 heteroatoms. The SMILES string of the molecule is O=C(NCc1ccc2[nH]ccc2c1)N1CCCC1CN1CCc2ccccc2C1.O=C(O)C(F)(F)F. The Kier molecular flexibility index (Phi) is 7.83. The Morgan fingerprint density at radius 2 is 1.83 bits per heavy atom. The van der Waals surface area contributed by atoms with Gasteiger partial charge in [-0.1, -0.05) is 30.3 Å². The van der Waals surface area contributed by atoms with Gasteiger partial charge in [-0.3, -0.25) is 4.90 Å². The second kappa shape index (κ2) is 11.0. The smallest absolute Gasteiger partial charge is 0.475 e. The Morgan fingerprint density at radius 3 is 2.58 bits per heavy atom. The van der Waals surface area contributed by atoms with Crippen LogP contribution in [0.5, 0.6) is 0 Å². The fourth-order valence-electron chi connectivity index (χ4n) is 4.79. The maximum Gasteiger partial charge on any atom is 0.490 e. The molecule has 0 bridgehead atoms. The lowest BCUT2D eigenvalue weighted by molar-refractivity contribution is -0.192. The number of nitrogens with one attached hydrogen (secondary N) is 2. The van der Waals surface area contributed by atoms with E-state index in [2.05, 4.69) is 68.6 Å². The molecule has 0 aliphatic carbocycles. The van der Waals surface area contributed by atoms with Crippen molar-refractivity contribution in [3.05, 3.63) is 71.4 Å². The molecule has 3 N–H and O–H groups in total. The van der Waals surface area contributed by atoms with Crippen molar-refractivity contribution in [3.8, 4) is 0 Å². The molecule has 2 amide bonds. The molecule has 0 saturated carbocycles. The quantitative estimate of drug-likeness (QED) is 0.489. The Hall–Kier alpha value is -3.53. The molecule has 2 aliphatic heterocycles. The van der Waals surface area contributed by atoms with Crippen LogP contribution in [-0.2, 0) is 24.3 Å². The van der Waals surface area contributed by atoms with E-state index in [9.17, 15) is 18.0 Å². The van der Waals surface area contributed by atoms with Crippen LogP contribution in [0.25, 0.3) is 10.9 Å². The number of alkyl halides is 3. The van der Waals surface area contributed by atoms with Gasteiger partial charge in [0, 0.05) is 50.5 Å². The predicted molar refractivity (Wildman–Crippen MR) is 129 cm³/mol. The molecule has 1 atom stereocenters. The maximum atomic E-state index is 12.9. The third-order valence-electron chi connectivity index (χ3n) is 6.62. The third-order valence-corrected chi connectivity index (χ3v) is 6.62. The van der Waals surface area contributed by atoms with Gasteiger partial charge in [-0.05, 0) is 59.5 Å². The monoisotopic (exact) mass is 502 g/mol. The highest BCUT2D eigenvalue weighted by Gasteiger charge is 2.38. The lowest BCUT2D eigenvalue weighted by Gasteiger charge is -2.34. The molecule has 1 aromatic heterocycles. The van der Waals surface area contributed by atoms with Gasteiger partial charge in [-0.15, -0.1) is 0 Å². The predicted octanol–water partition coefficient (Wildman–Crippen LogP) is 4.53. The number of urea groups is 1. The van der Waals surface area contributed by atoms with Crippen molar-refractivity contribution >= 4 is 22.9 Å². The maximum absolute atomic E-state index is 12.9. The summed E-state index contributed by atoms with van der Waals surface area (Å²) in [5, 5.41) is 11.4. The summed E-state index contributed by atoms with van der Waals surface area (Å²) in [6.07, 6.45) is 0.163. The van der Waals surface area contributed by atoms with E-state index >= 15 is 0 Å². The fraction of sp³-hybridized carbons (Fsp3) is 0.385. The number of rotatable bonds is 4. The molecule has 1 saturated heterocycles. The number of H-pyrrole nitrogens is 1. The Morgan fingerprint density at radius 1 is 1.08 bits per heavy atom. The van der Waals surface area contributed by atoms with Crippen LogP contribution >= 0.6 is 0 Å². The van der Waals surface area contributed by atoms with Crippen molar-refractivity contribution < 1.29 is 27.9 Å². The van der Waals surface area contributed by atoms with Crippen molar-refractivity contribution in [1.29, 1.82) is 0 Å². The van der Waals surface area contributed by atoms with Gasteiger partial charge >= 0.3 is 18.2 Å². The molecular weight excluding hydrogens is 473 g/mol. The molecule has 2 aliphatic rings. The first kappa shape index (κ1) is 25.6. The molecule has 5 rings (SSSR count). The highest BCUT2D eigenvalue weighted by Crippen LogP contribution is 2.23. The van der Waals surface area contributed by atoms with Gasteiger partial charge in [0.25, 0.3) is 0 Å². The molecule has 0 radical (unpaired) electrons. The lowest BCUT2D eigenvalue weighted by atomic mass is 9.99. The summed E-state index contributed by atoms with van der Waals surface area (Å²) in [6, 6.07) is 17.5. The van der Waals surface area contributed by atoms with Crippen molar-refractivity contribution in [2.24, 2.45) is 0 Å². The van der Waals surface area contributed by atoms with Crippen LogP contribution in [0.4, 0.5) is 18.0 Å². The normalized spacial score (nSPS) is 17.9. The molecule has 2 aromatic carbocycles. The van der Waals surface area contributed by atoms with Crippen LogP contribution in [0.3, 0.4) is 0 Å². The number of carbonyl (C=O) groups excluding carboxylic acids is 1. The summed E-state index contributed by atoms with van der Waals surface area (Å²) in [7, 11) is 0. The van der Waals surface area contributed by atoms with Crippen LogP contribution in [0.2, 0.25) is 0 Å². The number of carboxylic acid groups (broad SMARTS) is 1. The van der Waals surface area contributed by atoms with Crippen LogP contribution in [-0.4, -0.2) is 63.7 Å². The van der Waals surface area contributed by atoms with Gasteiger partial charge in [-0.25, -0.2) is 9.59 Å². The summed E-state index contributed by atoms with van der Waals surface area (Å²) in [6.45, 7) is 4.48. The first-order valence-corrected chi connectivity index (χ1v) is 11.9. The number of fused-ring (bicyclic) bond motifs is 2. The molecular formula is C26H29F3N4O3. The van der Waals surface area contributed by atoms with E-state index in [1.165, 1.54) is 16.5 Å². The summed E-state index contributed by atoms with van der Waals surface area (Å²) >= 11 is 0. The van der Waals surface area contributed by atoms with E-state index in [-0.39, 0.29) is 6.03 Å². The van der Waals surface area contributed by atoms with Crippen LogP contribution in [0, 0.1) is 0 Å². The highest BCUT2D eigenvalue weighted by molar-refractivity contribution is 5.80. The molecule has 7 nitrogen and oxygen atoms in total. The summed E-state index contributed by atoms with van der Waals surface area (Å²) in [5.74, 6) is -2.76. The van der Waals surface area contributed by atoms with Crippen LogP contribution in [0.15, 0.2) is 54.7 Å². The van der Waals surface area contributed by atoms with Gasteiger partial charge in [0.1, 0.15) is 0 Å². The number of amides is 2. The zero-order chi connectivity index (χ0) is 25.7. The minimum absolute atomic E-state index is 0.0686. The number of benzene rings is 2. The number of carboxylic acids is 1. The molecule has 36 heavy (non-hydrogen) atoms. The van der Waals surface area contributed by atoms with Crippen molar-refractivity contribution in [2.75, 3.05) is 19.6 Å². The number of carbonyl (C=O) groups is 2. The first-order chi connectivity index (χ1) is 17.2. The average molecular weight is 503 g/mol. The van der Waals surface area contributed by atoms with Crippen molar-refractivity contribution in [3.63, 3.8) is 0 Å². The number of hydrogen-bond donors (Lipinski definition) is 3. The number of likely N-dealkylation sites (tertiary alicyclic amines) is 1. The number of nitrogens with zero attached hydrogens (tertiary/aromatic N) is 2. The Balaban J connectivity index is 0.000000384. The topological polar surface area (TPSA) is 88.7 Å². The summed E-state index contributed by atoms with van der Waals surface area (Å²) < 4.78 is 31.7. The van der Waals surface area contributed by atoms with Gasteiger partial charge in [0.15, 0.2) is 0 Å². The van der Waals surface area contributed by atoms with Crippen LogP contribution in [0.1, 0.15) is 29.5 Å². The summed E-state index contributed by atoms with van der Waals surface area (Å²) in [4.78, 5) is 29.5. The van der Waals surface area contributed by atoms with E-state index in [0.29, 0.717) is 12.6 Å². The number of aliphatic carboxylic acids is 1. The molecule has 3 aromatic rings. The van der Waals surface area contributed by atoms with E-state index in [1.54, 1.807) is 0 Å². The zero-order valence-corrected chi connectivity index (χ0v) is 19.7. The third kappa shape index (κ3) is 6.37. The van der Waals surface area contributed by atoms with E-state index in [1.807, 2.05) is 6.20 Å². The highest BCUT2D eigenvalue weighted by atomic mass is 19.4. The second-order valence-corrected chi connectivity index (χ2v) is 9.10. The largest absolute Gasteiger partial charge is 0.490 e. The Labute approximate surface area is 206 Å². The second-order valence-electron chi connectivity index (χ2n) is 9.10. The number of halogens is 3. The van der Waals surface area contributed by atoms with Gasteiger partial charge in [-0.2, -0.15) is 13.2 Å². The average Bonchev–Trinajstić information content (AvgIpc) is 3.51. The first-order valence-electron chi connectivity index (χ1n) is 11.9. The van der Waals surface area contributed by atoms with Gasteiger partial charge in [0.2, 0.25) is 0 Å². The standard InChI is InChI=1S/C24H28N4O.C2HF3O2/c29-24(26-15-18-7-8-23-20(14-18)9-11-25-23)28-12-3-6-22(28)17-27-13-10-19-4-1-2-5-21(19)16-27;3-2(4,5)1(6)7/h1-2,4-5,7-9,11,14,22,25H,3,6,10,12-13,15-17H2,(H,26,29);(H,6,7). The van der Waals surface area contributed by atoms with E-state index in [0.717, 1.165) is 56.5 Å². The van der Waals surface area contributed by atoms with Crippen LogP contribution < -0.4 is 5.32 Å². The number of hydrogen-bond acceptors (Lipinski definition) is 3. The number of aromatic amines is 1. The van der Waals surface area contributed by atoms with Crippen molar-refractivity contribution in [2.45, 2.75) is 44.6 Å². The molecule has 3 heterocycles. The molecule has 192 valence electrons. The fourth-order valence-corrected chi connectivity index (χ4v) is 4.79. The zero-order valence-electron chi connectivity index (χ0n) is 19.7. The van der Waals surface area contributed by atoms with Crippen molar-refractivity contribution in [1.82, 2.24) is 20.1 Å². The minimum Gasteiger partial charge on any atom is -0.475 e. The lowest BCUT2D eigenvalue weighted by Crippen LogP contribution is -2.48. The minimum atomic E-state index is -5.08. The van der Waals surface area contributed by atoms with E-state index in [4.69, 9.17) is 9.90 Å². The van der Waals surface area contributed by atoms with E-state index < -0.39 is 12.1 Å².